The summed E-state index contributed by atoms with van der Waals surface area (Å²) in [7, 11) is 0. The molecule has 0 aliphatic carbocycles. The molecule has 4 nitrogen and oxygen atoms in total. The van der Waals surface area contributed by atoms with Crippen LogP contribution in [0.25, 0.3) is 0 Å². The van der Waals surface area contributed by atoms with Gasteiger partial charge in [0, 0.05) is 5.69 Å². The molecule has 0 saturated carbocycles. The molecule has 1 amide bonds. The standard InChI is InChI=1S/C14H17N3OS/c1-4-9(2)11-7-5-6-8-12(11)15-14(18)13-10(3)16-17-19-13/h5-9H,4H2,1-3H3,(H,15,18)/t9-/m1/s1. The summed E-state index contributed by atoms with van der Waals surface area (Å²) in [6.45, 7) is 6.09. The number of aryl methyl sites for hydroxylation is 1. The molecule has 0 unspecified atom stereocenters. The maximum absolute atomic E-state index is 12.2. The van der Waals surface area contributed by atoms with Gasteiger partial charge in [0.05, 0.1) is 5.69 Å². The van der Waals surface area contributed by atoms with Crippen LogP contribution in [0.2, 0.25) is 0 Å². The summed E-state index contributed by atoms with van der Waals surface area (Å²) in [6.07, 6.45) is 1.04. The van der Waals surface area contributed by atoms with Gasteiger partial charge < -0.3 is 5.32 Å². The number of hydrogen-bond donors (Lipinski definition) is 1. The van der Waals surface area contributed by atoms with Gasteiger partial charge >= 0.3 is 0 Å². The van der Waals surface area contributed by atoms with Gasteiger partial charge in [0.15, 0.2) is 0 Å². The van der Waals surface area contributed by atoms with E-state index >= 15 is 0 Å². The van der Waals surface area contributed by atoms with Crippen molar-refractivity contribution >= 4 is 23.1 Å². The van der Waals surface area contributed by atoms with Crippen LogP contribution in [0.4, 0.5) is 5.69 Å². The number of nitrogens with zero attached hydrogens (tertiary/aromatic N) is 2. The Morgan fingerprint density at radius 1 is 1.42 bits per heavy atom. The lowest BCUT2D eigenvalue weighted by molar-refractivity contribution is 0.102. The third-order valence-corrected chi connectivity index (χ3v) is 4.04. The van der Waals surface area contributed by atoms with Crippen LogP contribution in [0.15, 0.2) is 24.3 Å². The molecule has 2 aromatic rings. The van der Waals surface area contributed by atoms with Crippen LogP contribution in [0.3, 0.4) is 0 Å². The average molecular weight is 275 g/mol. The Bertz CT molecular complexity index is 580. The van der Waals surface area contributed by atoms with Gasteiger partial charge in [-0.15, -0.1) is 5.10 Å². The quantitative estimate of drug-likeness (QED) is 0.927. The van der Waals surface area contributed by atoms with Crippen LogP contribution in [0.5, 0.6) is 0 Å². The zero-order chi connectivity index (χ0) is 13.8. The van der Waals surface area contributed by atoms with Crippen LogP contribution in [0.1, 0.15) is 47.1 Å². The zero-order valence-corrected chi connectivity index (χ0v) is 12.1. The molecule has 1 atom stereocenters. The maximum atomic E-state index is 12.2. The lowest BCUT2D eigenvalue weighted by Crippen LogP contribution is -2.13. The largest absolute Gasteiger partial charge is 0.321 e. The van der Waals surface area contributed by atoms with E-state index in [0.717, 1.165) is 29.2 Å². The van der Waals surface area contributed by atoms with E-state index in [-0.39, 0.29) is 5.91 Å². The number of anilines is 1. The Morgan fingerprint density at radius 3 is 2.79 bits per heavy atom. The fraction of sp³-hybridized carbons (Fsp3) is 0.357. The highest BCUT2D eigenvalue weighted by molar-refractivity contribution is 7.08. The molecule has 0 spiro atoms. The summed E-state index contributed by atoms with van der Waals surface area (Å²) in [5.41, 5.74) is 2.70. The van der Waals surface area contributed by atoms with Crippen molar-refractivity contribution < 1.29 is 4.79 Å². The minimum atomic E-state index is -0.136. The second-order valence-electron chi connectivity index (χ2n) is 4.54. The van der Waals surface area contributed by atoms with E-state index in [1.54, 1.807) is 6.92 Å². The number of benzene rings is 1. The smallest absolute Gasteiger partial charge is 0.269 e. The fourth-order valence-corrected chi connectivity index (χ4v) is 2.43. The molecule has 19 heavy (non-hydrogen) atoms. The lowest BCUT2D eigenvalue weighted by atomic mass is 9.97. The molecule has 0 fully saturated rings. The van der Waals surface area contributed by atoms with Gasteiger partial charge in [0.1, 0.15) is 4.88 Å². The Labute approximate surface area is 117 Å². The highest BCUT2D eigenvalue weighted by Crippen LogP contribution is 2.27. The summed E-state index contributed by atoms with van der Waals surface area (Å²) in [4.78, 5) is 12.7. The average Bonchev–Trinajstić information content (AvgIpc) is 2.85. The summed E-state index contributed by atoms with van der Waals surface area (Å²) in [5, 5.41) is 6.82. The van der Waals surface area contributed by atoms with Crippen molar-refractivity contribution in [2.24, 2.45) is 0 Å². The Balaban J connectivity index is 2.24. The maximum Gasteiger partial charge on any atom is 0.269 e. The molecule has 0 bridgehead atoms. The summed E-state index contributed by atoms with van der Waals surface area (Å²) < 4.78 is 3.79. The fourth-order valence-electron chi connectivity index (χ4n) is 1.88. The van der Waals surface area contributed by atoms with E-state index in [1.807, 2.05) is 18.2 Å². The van der Waals surface area contributed by atoms with E-state index in [0.29, 0.717) is 16.5 Å². The Hall–Kier alpha value is -1.75. The van der Waals surface area contributed by atoms with Crippen LogP contribution in [-0.4, -0.2) is 15.5 Å². The number of rotatable bonds is 4. The van der Waals surface area contributed by atoms with Crippen molar-refractivity contribution in [2.45, 2.75) is 33.1 Å². The summed E-state index contributed by atoms with van der Waals surface area (Å²) >= 11 is 1.12. The van der Waals surface area contributed by atoms with Crippen LogP contribution < -0.4 is 5.32 Å². The first-order chi connectivity index (χ1) is 9.13. The van der Waals surface area contributed by atoms with E-state index in [2.05, 4.69) is 34.8 Å². The van der Waals surface area contributed by atoms with Gasteiger partial charge in [-0.2, -0.15) is 0 Å². The van der Waals surface area contributed by atoms with Gasteiger partial charge in [0.2, 0.25) is 0 Å². The van der Waals surface area contributed by atoms with Crippen LogP contribution in [-0.2, 0) is 0 Å². The predicted octanol–water partition coefficient (Wildman–Crippen LogP) is 3.61. The number of carbonyl (C=O) groups is 1. The molecule has 1 heterocycles. The first kappa shape index (κ1) is 13.7. The molecule has 100 valence electrons. The number of carbonyl (C=O) groups excluding carboxylic acids is 1. The third kappa shape index (κ3) is 2.98. The zero-order valence-electron chi connectivity index (χ0n) is 11.3. The van der Waals surface area contributed by atoms with Crippen LogP contribution >= 0.6 is 11.5 Å². The van der Waals surface area contributed by atoms with Crippen molar-refractivity contribution in [3.05, 3.63) is 40.4 Å². The highest BCUT2D eigenvalue weighted by atomic mass is 32.1. The molecule has 0 aliphatic heterocycles. The first-order valence-corrected chi connectivity index (χ1v) is 7.10. The van der Waals surface area contributed by atoms with Crippen molar-refractivity contribution in [3.63, 3.8) is 0 Å². The van der Waals surface area contributed by atoms with E-state index in [1.165, 1.54) is 0 Å². The SMILES string of the molecule is CC[C@@H](C)c1ccccc1NC(=O)c1snnc1C. The Morgan fingerprint density at radius 2 is 2.16 bits per heavy atom. The minimum Gasteiger partial charge on any atom is -0.321 e. The van der Waals surface area contributed by atoms with E-state index < -0.39 is 0 Å². The molecular weight excluding hydrogens is 258 g/mol. The molecule has 5 heteroatoms. The highest BCUT2D eigenvalue weighted by Gasteiger charge is 2.16. The molecular formula is C14H17N3OS. The van der Waals surface area contributed by atoms with Gasteiger partial charge in [-0.1, -0.05) is 36.5 Å². The molecule has 0 aliphatic rings. The van der Waals surface area contributed by atoms with Gasteiger partial charge in [-0.05, 0) is 42.4 Å². The minimum absolute atomic E-state index is 0.136. The molecule has 1 aromatic carbocycles. The molecule has 0 saturated heterocycles. The Kier molecular flexibility index (Phi) is 4.27. The van der Waals surface area contributed by atoms with E-state index in [4.69, 9.17) is 0 Å². The van der Waals surface area contributed by atoms with Crippen molar-refractivity contribution in [3.8, 4) is 0 Å². The van der Waals surface area contributed by atoms with Crippen molar-refractivity contribution in [2.75, 3.05) is 5.32 Å². The monoisotopic (exact) mass is 275 g/mol. The number of hydrogen-bond acceptors (Lipinski definition) is 4. The first-order valence-electron chi connectivity index (χ1n) is 6.32. The van der Waals surface area contributed by atoms with Gasteiger partial charge in [-0.25, -0.2) is 0 Å². The molecule has 2 rings (SSSR count). The number of nitrogens with one attached hydrogen (secondary N) is 1. The second-order valence-corrected chi connectivity index (χ2v) is 5.29. The van der Waals surface area contributed by atoms with E-state index in [9.17, 15) is 4.79 Å². The number of para-hydroxylation sites is 1. The lowest BCUT2D eigenvalue weighted by Gasteiger charge is -2.15. The summed E-state index contributed by atoms with van der Waals surface area (Å²) in [6, 6.07) is 7.92. The molecule has 1 N–H and O–H groups in total. The van der Waals surface area contributed by atoms with Crippen LogP contribution in [0, 0.1) is 6.92 Å². The number of aromatic nitrogens is 2. The van der Waals surface area contributed by atoms with Crippen molar-refractivity contribution in [1.29, 1.82) is 0 Å². The second kappa shape index (κ2) is 5.93. The van der Waals surface area contributed by atoms with Gasteiger partial charge in [-0.3, -0.25) is 4.79 Å². The third-order valence-electron chi connectivity index (χ3n) is 3.21. The van der Waals surface area contributed by atoms with Crippen molar-refractivity contribution in [1.82, 2.24) is 9.59 Å². The van der Waals surface area contributed by atoms with Gasteiger partial charge in [0.25, 0.3) is 5.91 Å². The molecule has 1 aromatic heterocycles. The predicted molar refractivity (Wildman–Crippen MR) is 77.7 cm³/mol. The topological polar surface area (TPSA) is 54.9 Å². The summed E-state index contributed by atoms with van der Waals surface area (Å²) in [5.74, 6) is 0.278. The normalized spacial score (nSPS) is 12.2. The number of amides is 1. The molecule has 0 radical (unpaired) electrons.